The first-order valence-electron chi connectivity index (χ1n) is 5.28. The van der Waals surface area contributed by atoms with E-state index in [0.29, 0.717) is 5.69 Å². The summed E-state index contributed by atoms with van der Waals surface area (Å²) in [4.78, 5) is 12.9. The summed E-state index contributed by atoms with van der Waals surface area (Å²) in [7, 11) is 1.70. The van der Waals surface area contributed by atoms with Gasteiger partial charge in [-0.3, -0.25) is 4.79 Å². The van der Waals surface area contributed by atoms with E-state index in [-0.39, 0.29) is 13.2 Å². The van der Waals surface area contributed by atoms with Gasteiger partial charge in [0.2, 0.25) is 0 Å². The molecule has 6 heteroatoms. The summed E-state index contributed by atoms with van der Waals surface area (Å²) in [6, 6.07) is 3.33. The molecular formula is C11H16F2N2O2. The van der Waals surface area contributed by atoms with Gasteiger partial charge in [0.05, 0.1) is 13.2 Å². The number of aliphatic hydroxyl groups excluding tert-OH is 1. The highest BCUT2D eigenvalue weighted by molar-refractivity contribution is 5.93. The van der Waals surface area contributed by atoms with Crippen molar-refractivity contribution in [1.82, 2.24) is 9.47 Å². The number of carbonyl (C=O) groups excluding carboxylic acids is 1. The molecule has 1 rings (SSSR count). The molecule has 0 unspecified atom stereocenters. The summed E-state index contributed by atoms with van der Waals surface area (Å²) in [6.07, 6.45) is -2.60. The number of rotatable bonds is 5. The van der Waals surface area contributed by atoms with Gasteiger partial charge in [0.1, 0.15) is 5.69 Å². The van der Waals surface area contributed by atoms with Gasteiger partial charge in [0.25, 0.3) is 12.3 Å². The van der Waals surface area contributed by atoms with Gasteiger partial charge in [0.15, 0.2) is 0 Å². The van der Waals surface area contributed by atoms with Crippen LogP contribution in [0, 0.1) is 6.92 Å². The maximum atomic E-state index is 12.3. The molecule has 0 atom stereocenters. The molecule has 17 heavy (non-hydrogen) atoms. The fourth-order valence-corrected chi connectivity index (χ4v) is 1.55. The number of nitrogens with zero attached hydrogens (tertiary/aromatic N) is 2. The third-order valence-electron chi connectivity index (χ3n) is 2.61. The molecule has 1 aromatic heterocycles. The van der Waals surface area contributed by atoms with Crippen molar-refractivity contribution < 1.29 is 18.7 Å². The maximum Gasteiger partial charge on any atom is 0.270 e. The number of aliphatic hydroxyl groups is 1. The standard InChI is InChI=1S/C11H16F2N2O2/c1-8-3-4-9(14(8)2)11(17)15(5-6-16)7-10(12)13/h3-4,10,16H,5-7H2,1-2H3. The number of halogens is 2. The third-order valence-corrected chi connectivity index (χ3v) is 2.61. The zero-order valence-electron chi connectivity index (χ0n) is 9.86. The SMILES string of the molecule is Cc1ccc(C(=O)N(CCO)CC(F)F)n1C. The summed E-state index contributed by atoms with van der Waals surface area (Å²) in [5.74, 6) is -0.491. The second-order valence-corrected chi connectivity index (χ2v) is 3.78. The van der Waals surface area contributed by atoms with Gasteiger partial charge >= 0.3 is 0 Å². The number of aromatic nitrogens is 1. The van der Waals surface area contributed by atoms with Gasteiger partial charge in [-0.15, -0.1) is 0 Å². The second kappa shape index (κ2) is 5.77. The van der Waals surface area contributed by atoms with Gasteiger partial charge < -0.3 is 14.6 Å². The van der Waals surface area contributed by atoms with E-state index in [1.54, 1.807) is 23.7 Å². The molecule has 0 bridgehead atoms. The summed E-state index contributed by atoms with van der Waals surface area (Å²) in [5.41, 5.74) is 1.21. The maximum absolute atomic E-state index is 12.3. The van der Waals surface area contributed by atoms with Crippen LogP contribution in [-0.2, 0) is 7.05 Å². The molecule has 1 N–H and O–H groups in total. The van der Waals surface area contributed by atoms with E-state index in [0.717, 1.165) is 10.6 Å². The van der Waals surface area contributed by atoms with Gasteiger partial charge in [-0.1, -0.05) is 0 Å². The van der Waals surface area contributed by atoms with Crippen molar-refractivity contribution in [3.8, 4) is 0 Å². The van der Waals surface area contributed by atoms with Crippen LogP contribution in [0.15, 0.2) is 12.1 Å². The summed E-state index contributed by atoms with van der Waals surface area (Å²) >= 11 is 0. The second-order valence-electron chi connectivity index (χ2n) is 3.78. The summed E-state index contributed by atoms with van der Waals surface area (Å²) in [5, 5.41) is 8.77. The number of hydrogen-bond donors (Lipinski definition) is 1. The van der Waals surface area contributed by atoms with Crippen LogP contribution in [0.5, 0.6) is 0 Å². The zero-order chi connectivity index (χ0) is 13.0. The first kappa shape index (κ1) is 13.6. The Morgan fingerprint density at radius 2 is 2.18 bits per heavy atom. The molecule has 0 radical (unpaired) electrons. The van der Waals surface area contributed by atoms with E-state index in [9.17, 15) is 13.6 Å². The highest BCUT2D eigenvalue weighted by Gasteiger charge is 2.21. The van der Waals surface area contributed by atoms with E-state index in [1.165, 1.54) is 0 Å². The molecule has 1 aromatic rings. The molecule has 1 heterocycles. The normalized spacial score (nSPS) is 10.9. The van der Waals surface area contributed by atoms with E-state index in [1.807, 2.05) is 6.92 Å². The first-order chi connectivity index (χ1) is 7.97. The smallest absolute Gasteiger partial charge is 0.270 e. The van der Waals surface area contributed by atoms with Crippen LogP contribution >= 0.6 is 0 Å². The fourth-order valence-electron chi connectivity index (χ4n) is 1.55. The number of amides is 1. The monoisotopic (exact) mass is 246 g/mol. The molecular weight excluding hydrogens is 230 g/mol. The predicted molar refractivity (Wildman–Crippen MR) is 59.1 cm³/mol. The van der Waals surface area contributed by atoms with Crippen LogP contribution in [0.25, 0.3) is 0 Å². The Labute approximate surface area is 98.5 Å². The summed E-state index contributed by atoms with van der Waals surface area (Å²) in [6.45, 7) is 0.735. The van der Waals surface area contributed by atoms with Crippen LogP contribution in [0.2, 0.25) is 0 Å². The lowest BCUT2D eigenvalue weighted by molar-refractivity contribution is 0.0501. The topological polar surface area (TPSA) is 45.5 Å². The number of hydrogen-bond acceptors (Lipinski definition) is 2. The minimum Gasteiger partial charge on any atom is -0.395 e. The van der Waals surface area contributed by atoms with Crippen LogP contribution in [-0.4, -0.2) is 46.6 Å². The molecule has 0 spiro atoms. The molecule has 96 valence electrons. The molecule has 0 aliphatic heterocycles. The van der Waals surface area contributed by atoms with Crippen molar-refractivity contribution >= 4 is 5.91 Å². The lowest BCUT2D eigenvalue weighted by Crippen LogP contribution is -2.38. The van der Waals surface area contributed by atoms with Crippen molar-refractivity contribution in [2.45, 2.75) is 13.3 Å². The van der Waals surface area contributed by atoms with Crippen LogP contribution in [0.1, 0.15) is 16.2 Å². The van der Waals surface area contributed by atoms with Crippen LogP contribution in [0.3, 0.4) is 0 Å². The summed E-state index contributed by atoms with van der Waals surface area (Å²) < 4.78 is 26.3. The Morgan fingerprint density at radius 1 is 1.53 bits per heavy atom. The Balaban J connectivity index is 2.87. The third kappa shape index (κ3) is 3.26. The Morgan fingerprint density at radius 3 is 2.59 bits per heavy atom. The average molecular weight is 246 g/mol. The minimum atomic E-state index is -2.60. The molecule has 0 saturated heterocycles. The molecule has 0 aliphatic carbocycles. The van der Waals surface area contributed by atoms with Crippen molar-refractivity contribution in [3.63, 3.8) is 0 Å². The quantitative estimate of drug-likeness (QED) is 0.843. The zero-order valence-corrected chi connectivity index (χ0v) is 9.86. The average Bonchev–Trinajstić information content (AvgIpc) is 2.58. The largest absolute Gasteiger partial charge is 0.395 e. The van der Waals surface area contributed by atoms with E-state index >= 15 is 0 Å². The van der Waals surface area contributed by atoms with Gasteiger partial charge in [-0.2, -0.15) is 0 Å². The van der Waals surface area contributed by atoms with Crippen LogP contribution in [0.4, 0.5) is 8.78 Å². The van der Waals surface area contributed by atoms with Crippen molar-refractivity contribution in [2.75, 3.05) is 19.7 Å². The highest BCUT2D eigenvalue weighted by Crippen LogP contribution is 2.10. The Kier molecular flexibility index (Phi) is 4.62. The number of carbonyl (C=O) groups is 1. The molecule has 0 fully saturated rings. The Hall–Kier alpha value is -1.43. The van der Waals surface area contributed by atoms with Gasteiger partial charge in [0, 0.05) is 19.3 Å². The van der Waals surface area contributed by atoms with E-state index in [4.69, 9.17) is 5.11 Å². The highest BCUT2D eigenvalue weighted by atomic mass is 19.3. The first-order valence-corrected chi connectivity index (χ1v) is 5.28. The van der Waals surface area contributed by atoms with Crippen molar-refractivity contribution in [2.24, 2.45) is 7.05 Å². The van der Waals surface area contributed by atoms with E-state index in [2.05, 4.69) is 0 Å². The van der Waals surface area contributed by atoms with E-state index < -0.39 is 18.9 Å². The number of alkyl halides is 2. The molecule has 0 aliphatic rings. The fraction of sp³-hybridized carbons (Fsp3) is 0.545. The molecule has 1 amide bonds. The number of aryl methyl sites for hydroxylation is 1. The lowest BCUT2D eigenvalue weighted by Gasteiger charge is -2.21. The lowest BCUT2D eigenvalue weighted by atomic mass is 10.3. The van der Waals surface area contributed by atoms with Crippen molar-refractivity contribution in [1.29, 1.82) is 0 Å². The van der Waals surface area contributed by atoms with Crippen molar-refractivity contribution in [3.05, 3.63) is 23.5 Å². The minimum absolute atomic E-state index is 0.0899. The van der Waals surface area contributed by atoms with Crippen LogP contribution < -0.4 is 0 Å². The molecule has 0 aromatic carbocycles. The molecule has 0 saturated carbocycles. The Bertz CT molecular complexity index is 391. The van der Waals surface area contributed by atoms with Gasteiger partial charge in [-0.05, 0) is 19.1 Å². The van der Waals surface area contributed by atoms with Gasteiger partial charge in [-0.25, -0.2) is 8.78 Å². The predicted octanol–water partition coefficient (Wildman–Crippen LogP) is 1.03. The molecule has 4 nitrogen and oxygen atoms in total.